The van der Waals surface area contributed by atoms with Gasteiger partial charge < -0.3 is 15.5 Å². The van der Waals surface area contributed by atoms with Crippen molar-refractivity contribution in [2.24, 2.45) is 0 Å². The molecule has 148 valence electrons. The van der Waals surface area contributed by atoms with Crippen LogP contribution >= 0.6 is 11.3 Å². The zero-order valence-corrected chi connectivity index (χ0v) is 16.7. The average molecular weight is 408 g/mol. The Morgan fingerprint density at radius 1 is 1.10 bits per heavy atom. The Bertz CT molecular complexity index is 1080. The SMILES string of the molecule is CC(=O)Nc1ccc2nc(NC(=O)C3CCCN3C(=O)c3ccccc3)sc2c1. The smallest absolute Gasteiger partial charge is 0.254 e. The number of hydrogen-bond acceptors (Lipinski definition) is 5. The highest BCUT2D eigenvalue weighted by Crippen LogP contribution is 2.29. The first-order valence-electron chi connectivity index (χ1n) is 9.36. The monoisotopic (exact) mass is 408 g/mol. The number of likely N-dealkylation sites (tertiary alicyclic amines) is 1. The minimum Gasteiger partial charge on any atom is -0.327 e. The molecule has 3 amide bonds. The van der Waals surface area contributed by atoms with Crippen LogP contribution in [0.5, 0.6) is 0 Å². The van der Waals surface area contributed by atoms with E-state index in [4.69, 9.17) is 0 Å². The fourth-order valence-corrected chi connectivity index (χ4v) is 4.38. The molecule has 1 aromatic heterocycles. The van der Waals surface area contributed by atoms with E-state index in [0.717, 1.165) is 16.6 Å². The summed E-state index contributed by atoms with van der Waals surface area (Å²) in [4.78, 5) is 42.9. The first-order chi connectivity index (χ1) is 14.0. The van der Waals surface area contributed by atoms with Gasteiger partial charge in [0.25, 0.3) is 5.91 Å². The summed E-state index contributed by atoms with van der Waals surface area (Å²) in [6.07, 6.45) is 1.42. The Kier molecular flexibility index (Phi) is 5.26. The van der Waals surface area contributed by atoms with Crippen LogP contribution in [0.25, 0.3) is 10.2 Å². The Labute approximate surface area is 171 Å². The van der Waals surface area contributed by atoms with E-state index in [0.29, 0.717) is 29.3 Å². The lowest BCUT2D eigenvalue weighted by Gasteiger charge is -2.23. The molecule has 4 rings (SSSR count). The molecular formula is C21H20N4O3S. The van der Waals surface area contributed by atoms with Gasteiger partial charge in [0.15, 0.2) is 5.13 Å². The largest absolute Gasteiger partial charge is 0.327 e. The minimum atomic E-state index is -0.510. The second kappa shape index (κ2) is 8.00. The van der Waals surface area contributed by atoms with Crippen molar-refractivity contribution >= 4 is 50.1 Å². The predicted molar refractivity (Wildman–Crippen MR) is 113 cm³/mol. The molecule has 0 bridgehead atoms. The molecule has 3 aromatic rings. The molecule has 0 aliphatic carbocycles. The number of rotatable bonds is 4. The molecule has 2 heterocycles. The lowest BCUT2D eigenvalue weighted by molar-refractivity contribution is -0.119. The normalized spacial score (nSPS) is 16.0. The molecule has 1 aliphatic heterocycles. The summed E-state index contributed by atoms with van der Waals surface area (Å²) in [6.45, 7) is 2.01. The van der Waals surface area contributed by atoms with E-state index in [1.807, 2.05) is 24.3 Å². The highest BCUT2D eigenvalue weighted by atomic mass is 32.1. The molecule has 1 unspecified atom stereocenters. The molecule has 1 aliphatic rings. The van der Waals surface area contributed by atoms with Gasteiger partial charge in [-0.2, -0.15) is 0 Å². The third-order valence-corrected chi connectivity index (χ3v) is 5.71. The van der Waals surface area contributed by atoms with E-state index in [1.54, 1.807) is 29.2 Å². The third kappa shape index (κ3) is 4.12. The summed E-state index contributed by atoms with van der Waals surface area (Å²) >= 11 is 1.33. The molecule has 1 atom stereocenters. The van der Waals surface area contributed by atoms with Crippen molar-refractivity contribution in [1.29, 1.82) is 0 Å². The standard InChI is InChI=1S/C21H20N4O3S/c1-13(26)22-15-9-10-16-18(12-15)29-21(23-16)24-19(27)17-8-5-11-25(17)20(28)14-6-3-2-4-7-14/h2-4,6-7,9-10,12,17H,5,8,11H2,1H3,(H,22,26)(H,23,24,27). The highest BCUT2D eigenvalue weighted by molar-refractivity contribution is 7.22. The highest BCUT2D eigenvalue weighted by Gasteiger charge is 2.34. The van der Waals surface area contributed by atoms with Gasteiger partial charge in [-0.25, -0.2) is 4.98 Å². The lowest BCUT2D eigenvalue weighted by atomic mass is 10.1. The summed E-state index contributed by atoms with van der Waals surface area (Å²) in [7, 11) is 0. The molecule has 7 nitrogen and oxygen atoms in total. The number of anilines is 2. The molecular weight excluding hydrogens is 388 g/mol. The zero-order valence-electron chi connectivity index (χ0n) is 15.8. The van der Waals surface area contributed by atoms with Crippen LogP contribution in [0.2, 0.25) is 0 Å². The van der Waals surface area contributed by atoms with E-state index < -0.39 is 6.04 Å². The molecule has 2 aromatic carbocycles. The Hall–Kier alpha value is -3.26. The van der Waals surface area contributed by atoms with Crippen molar-refractivity contribution in [3.05, 3.63) is 54.1 Å². The van der Waals surface area contributed by atoms with E-state index in [2.05, 4.69) is 15.6 Å². The van der Waals surface area contributed by atoms with Gasteiger partial charge in [0.1, 0.15) is 6.04 Å². The Morgan fingerprint density at radius 3 is 2.66 bits per heavy atom. The number of benzene rings is 2. The van der Waals surface area contributed by atoms with Gasteiger partial charge >= 0.3 is 0 Å². The Morgan fingerprint density at radius 2 is 1.90 bits per heavy atom. The van der Waals surface area contributed by atoms with Crippen molar-refractivity contribution in [1.82, 2.24) is 9.88 Å². The van der Waals surface area contributed by atoms with Gasteiger partial charge in [-0.3, -0.25) is 14.4 Å². The van der Waals surface area contributed by atoms with Crippen LogP contribution in [0.4, 0.5) is 10.8 Å². The number of carbonyl (C=O) groups excluding carboxylic acids is 3. The maximum absolute atomic E-state index is 12.9. The number of amides is 3. The van der Waals surface area contributed by atoms with Crippen LogP contribution in [0, 0.1) is 0 Å². The van der Waals surface area contributed by atoms with Crippen LogP contribution < -0.4 is 10.6 Å². The second-order valence-corrected chi connectivity index (χ2v) is 7.93. The van der Waals surface area contributed by atoms with Crippen molar-refractivity contribution < 1.29 is 14.4 Å². The van der Waals surface area contributed by atoms with Gasteiger partial charge in [-0.1, -0.05) is 29.5 Å². The number of aromatic nitrogens is 1. The van der Waals surface area contributed by atoms with Crippen LogP contribution in [-0.2, 0) is 9.59 Å². The van der Waals surface area contributed by atoms with Crippen molar-refractivity contribution in [2.75, 3.05) is 17.2 Å². The number of nitrogens with one attached hydrogen (secondary N) is 2. The van der Waals surface area contributed by atoms with Crippen LogP contribution in [0.1, 0.15) is 30.1 Å². The zero-order chi connectivity index (χ0) is 20.4. The van der Waals surface area contributed by atoms with Crippen LogP contribution in [0.3, 0.4) is 0 Å². The summed E-state index contributed by atoms with van der Waals surface area (Å²) in [5.74, 6) is -0.507. The average Bonchev–Trinajstić information content (AvgIpc) is 3.34. The fraction of sp³-hybridized carbons (Fsp3) is 0.238. The van der Waals surface area contributed by atoms with Crippen molar-refractivity contribution in [2.45, 2.75) is 25.8 Å². The number of fused-ring (bicyclic) bond motifs is 1. The van der Waals surface area contributed by atoms with Crippen molar-refractivity contribution in [3.63, 3.8) is 0 Å². The number of hydrogen-bond donors (Lipinski definition) is 2. The predicted octanol–water partition coefficient (Wildman–Crippen LogP) is 3.50. The maximum atomic E-state index is 12.9. The molecule has 2 N–H and O–H groups in total. The first-order valence-corrected chi connectivity index (χ1v) is 10.2. The van der Waals surface area contributed by atoms with Gasteiger partial charge in [-0.15, -0.1) is 0 Å². The summed E-state index contributed by atoms with van der Waals surface area (Å²) in [5, 5.41) is 6.07. The van der Waals surface area contributed by atoms with E-state index in [-0.39, 0.29) is 17.7 Å². The number of carbonyl (C=O) groups is 3. The van der Waals surface area contributed by atoms with Crippen molar-refractivity contribution in [3.8, 4) is 0 Å². The number of nitrogens with zero attached hydrogens (tertiary/aromatic N) is 2. The molecule has 0 saturated carbocycles. The van der Waals surface area contributed by atoms with Gasteiger partial charge in [0, 0.05) is 24.7 Å². The first kappa shape index (κ1) is 19.1. The molecule has 0 spiro atoms. The molecule has 0 radical (unpaired) electrons. The van der Waals surface area contributed by atoms with E-state index >= 15 is 0 Å². The summed E-state index contributed by atoms with van der Waals surface area (Å²) in [6, 6.07) is 13.9. The van der Waals surface area contributed by atoms with Crippen LogP contribution in [0.15, 0.2) is 48.5 Å². The maximum Gasteiger partial charge on any atom is 0.254 e. The minimum absolute atomic E-state index is 0.132. The summed E-state index contributed by atoms with van der Waals surface area (Å²) < 4.78 is 0.857. The molecule has 1 fully saturated rings. The quantitative estimate of drug-likeness (QED) is 0.691. The van der Waals surface area contributed by atoms with Gasteiger partial charge in [0.05, 0.1) is 10.2 Å². The lowest BCUT2D eigenvalue weighted by Crippen LogP contribution is -2.43. The fourth-order valence-electron chi connectivity index (χ4n) is 3.48. The van der Waals surface area contributed by atoms with E-state index in [1.165, 1.54) is 18.3 Å². The Balaban J connectivity index is 1.49. The van der Waals surface area contributed by atoms with Gasteiger partial charge in [0.2, 0.25) is 11.8 Å². The number of thiazole rings is 1. The summed E-state index contributed by atoms with van der Waals surface area (Å²) in [5.41, 5.74) is 2.00. The van der Waals surface area contributed by atoms with E-state index in [9.17, 15) is 14.4 Å². The topological polar surface area (TPSA) is 91.4 Å². The second-order valence-electron chi connectivity index (χ2n) is 6.89. The molecule has 1 saturated heterocycles. The third-order valence-electron chi connectivity index (χ3n) is 4.78. The van der Waals surface area contributed by atoms with Gasteiger partial charge in [-0.05, 0) is 43.2 Å². The van der Waals surface area contributed by atoms with Crippen LogP contribution in [-0.4, -0.2) is 40.2 Å². The molecule has 29 heavy (non-hydrogen) atoms. The molecule has 8 heteroatoms.